The summed E-state index contributed by atoms with van der Waals surface area (Å²) in [5.41, 5.74) is 4.16. The van der Waals surface area contributed by atoms with Crippen LogP contribution in [-0.2, 0) is 26.9 Å². The Morgan fingerprint density at radius 2 is 1.81 bits per heavy atom. The van der Waals surface area contributed by atoms with Crippen LogP contribution in [0.2, 0.25) is 0 Å². The summed E-state index contributed by atoms with van der Waals surface area (Å²) < 4.78 is 21.8. The van der Waals surface area contributed by atoms with Crippen molar-refractivity contribution < 1.29 is 14.2 Å². The van der Waals surface area contributed by atoms with Crippen LogP contribution < -0.4 is 15.8 Å². The number of aryl methyl sites for hydroxylation is 1. The molecule has 57 heavy (non-hydrogen) atoms. The van der Waals surface area contributed by atoms with Crippen molar-refractivity contribution in [1.29, 1.82) is 0 Å². The van der Waals surface area contributed by atoms with Crippen molar-refractivity contribution in [3.63, 3.8) is 0 Å². The predicted molar refractivity (Wildman–Crippen MR) is 224 cm³/mol. The minimum absolute atomic E-state index is 0.0594. The third kappa shape index (κ3) is 7.74. The van der Waals surface area contributed by atoms with Gasteiger partial charge in [0.2, 0.25) is 5.95 Å². The number of rotatable bonds is 12. The van der Waals surface area contributed by atoms with Crippen LogP contribution in [-0.4, -0.2) is 94.3 Å². The maximum atomic E-state index is 13.1. The zero-order valence-electron chi connectivity index (χ0n) is 33.3. The van der Waals surface area contributed by atoms with Gasteiger partial charge < -0.3 is 38.9 Å². The van der Waals surface area contributed by atoms with E-state index in [2.05, 4.69) is 75.4 Å². The fourth-order valence-electron chi connectivity index (χ4n) is 9.16. The van der Waals surface area contributed by atoms with Crippen LogP contribution in [0, 0.1) is 12.3 Å². The SMILES string of the molecule is C#CCNC1(C)CCN(C2CCN(c3nc([C@@](COC4CCCCO4)(OC4CC4)c4ccccc4)c4cc(-c5cn(C)c(=O)c6[nH]ccc56)ccc4n3)CC2)CC1. The summed E-state index contributed by atoms with van der Waals surface area (Å²) in [6.07, 6.45) is 18.3. The van der Waals surface area contributed by atoms with Crippen molar-refractivity contribution in [2.45, 2.75) is 94.3 Å². The molecule has 11 nitrogen and oxygen atoms in total. The number of aromatic amines is 1. The molecule has 0 spiro atoms. The lowest BCUT2D eigenvalue weighted by molar-refractivity contribution is -0.197. The molecule has 1 aliphatic carbocycles. The van der Waals surface area contributed by atoms with E-state index in [1.165, 1.54) is 0 Å². The lowest BCUT2D eigenvalue weighted by Crippen LogP contribution is -2.55. The zero-order valence-corrected chi connectivity index (χ0v) is 33.3. The minimum Gasteiger partial charge on any atom is -0.358 e. The first-order valence-electron chi connectivity index (χ1n) is 21.0. The molecule has 2 N–H and O–H groups in total. The Balaban J connectivity index is 1.12. The van der Waals surface area contributed by atoms with Gasteiger partial charge >= 0.3 is 0 Å². The Bertz CT molecular complexity index is 2290. The molecule has 3 saturated heterocycles. The molecule has 5 aromatic rings. The van der Waals surface area contributed by atoms with E-state index in [1.54, 1.807) is 11.6 Å². The summed E-state index contributed by atoms with van der Waals surface area (Å²) in [7, 11) is 1.80. The normalized spacial score (nSPS) is 21.8. The molecule has 0 bridgehead atoms. The first kappa shape index (κ1) is 38.0. The summed E-state index contributed by atoms with van der Waals surface area (Å²) in [6.45, 7) is 7.76. The van der Waals surface area contributed by atoms with Crippen LogP contribution in [0.3, 0.4) is 0 Å². The maximum Gasteiger partial charge on any atom is 0.274 e. The number of hydrogen-bond acceptors (Lipinski definition) is 9. The lowest BCUT2D eigenvalue weighted by Gasteiger charge is -2.45. The molecule has 2 atom stereocenters. The third-order valence-electron chi connectivity index (χ3n) is 12.8. The average molecular weight is 770 g/mol. The molecule has 3 aliphatic heterocycles. The number of ether oxygens (including phenoxy) is 3. The second kappa shape index (κ2) is 16.0. The van der Waals surface area contributed by atoms with E-state index in [9.17, 15) is 4.79 Å². The number of benzene rings is 2. The van der Waals surface area contributed by atoms with Gasteiger partial charge in [0.1, 0.15) is 5.52 Å². The molecule has 6 heterocycles. The number of terminal acetylenes is 1. The fraction of sp³-hybridized carbons (Fsp3) is 0.500. The molecule has 0 radical (unpaired) electrons. The summed E-state index contributed by atoms with van der Waals surface area (Å²) in [5.74, 6) is 3.47. The standard InChI is InChI=1S/C46H55N7O4/c1-4-22-48-45(2)20-26-52(27-21-45)34-18-24-53(25-19-34)44-49-39-16-13-32(38-30-51(3)43(54)41-36(38)17-23-47-41)29-37(39)42(50-44)46(57-35-14-15-35,33-10-6-5-7-11-33)31-56-40-12-8-9-28-55-40/h1,5-7,10-11,13,16-17,23,29-30,34-35,40,47-48H,8-9,12,14-15,18-22,24-28,31H2,2-3H3/t40?,46-/m0/s1. The number of nitrogens with zero attached hydrogens (tertiary/aromatic N) is 5. The molecule has 298 valence electrons. The molecule has 2 aromatic carbocycles. The van der Waals surface area contributed by atoms with Gasteiger partial charge in [0.05, 0.1) is 30.5 Å². The van der Waals surface area contributed by atoms with Gasteiger partial charge in [0, 0.05) is 80.1 Å². The van der Waals surface area contributed by atoms with Crippen LogP contribution in [0.1, 0.15) is 76.0 Å². The highest BCUT2D eigenvalue weighted by Gasteiger charge is 2.45. The highest BCUT2D eigenvalue weighted by molar-refractivity contribution is 5.97. The van der Waals surface area contributed by atoms with Crippen molar-refractivity contribution in [2.24, 2.45) is 7.05 Å². The molecule has 3 aromatic heterocycles. The second-order valence-electron chi connectivity index (χ2n) is 16.8. The average Bonchev–Trinajstić information content (AvgIpc) is 3.94. The van der Waals surface area contributed by atoms with E-state index in [0.29, 0.717) is 24.7 Å². The van der Waals surface area contributed by atoms with E-state index < -0.39 is 5.60 Å². The summed E-state index contributed by atoms with van der Waals surface area (Å²) in [5, 5.41) is 5.36. The summed E-state index contributed by atoms with van der Waals surface area (Å²) in [4.78, 5) is 32.2. The van der Waals surface area contributed by atoms with Gasteiger partial charge in [-0.15, -0.1) is 6.42 Å². The van der Waals surface area contributed by atoms with Gasteiger partial charge in [-0.05, 0) is 94.0 Å². The quantitative estimate of drug-likeness (QED) is 0.138. The van der Waals surface area contributed by atoms with Crippen LogP contribution >= 0.6 is 0 Å². The number of likely N-dealkylation sites (tertiary alicyclic amines) is 1. The first-order chi connectivity index (χ1) is 27.8. The Labute approximate surface area is 335 Å². The second-order valence-corrected chi connectivity index (χ2v) is 16.8. The van der Waals surface area contributed by atoms with E-state index >= 15 is 0 Å². The van der Waals surface area contributed by atoms with E-state index in [-0.39, 0.29) is 30.1 Å². The number of H-pyrrole nitrogens is 1. The topological polar surface area (TPSA) is 110 Å². The van der Waals surface area contributed by atoms with Gasteiger partial charge in [-0.25, -0.2) is 9.97 Å². The predicted octanol–water partition coefficient (Wildman–Crippen LogP) is 6.49. The number of anilines is 1. The molecule has 9 rings (SSSR count). The fourth-order valence-corrected chi connectivity index (χ4v) is 9.16. The Kier molecular flexibility index (Phi) is 10.7. The third-order valence-corrected chi connectivity index (χ3v) is 12.8. The molecule has 1 saturated carbocycles. The van der Waals surface area contributed by atoms with Gasteiger partial charge in [0.25, 0.3) is 5.56 Å². The highest BCUT2D eigenvalue weighted by Crippen LogP contribution is 2.44. The molecule has 4 aliphatic rings. The smallest absolute Gasteiger partial charge is 0.274 e. The Morgan fingerprint density at radius 1 is 1.00 bits per heavy atom. The summed E-state index contributed by atoms with van der Waals surface area (Å²) in [6, 6.07) is 19.4. The lowest BCUT2D eigenvalue weighted by atomic mass is 9.87. The van der Waals surface area contributed by atoms with Gasteiger partial charge in [-0.3, -0.25) is 4.79 Å². The highest BCUT2D eigenvalue weighted by atomic mass is 16.7. The van der Waals surface area contributed by atoms with E-state index in [0.717, 1.165) is 129 Å². The van der Waals surface area contributed by atoms with Gasteiger partial charge in [0.15, 0.2) is 11.9 Å². The number of aromatic nitrogens is 4. The molecule has 11 heteroatoms. The zero-order chi connectivity index (χ0) is 39.0. The number of nitrogens with one attached hydrogen (secondary N) is 2. The van der Waals surface area contributed by atoms with Gasteiger partial charge in [-0.1, -0.05) is 42.3 Å². The Hall–Kier alpha value is -4.57. The number of hydrogen-bond donors (Lipinski definition) is 2. The monoisotopic (exact) mass is 769 g/mol. The van der Waals surface area contributed by atoms with Crippen molar-refractivity contribution >= 4 is 27.8 Å². The van der Waals surface area contributed by atoms with E-state index in [4.69, 9.17) is 30.6 Å². The van der Waals surface area contributed by atoms with Crippen molar-refractivity contribution in [3.05, 3.63) is 88.6 Å². The van der Waals surface area contributed by atoms with Crippen LogP contribution in [0.4, 0.5) is 5.95 Å². The number of piperidine rings is 2. The van der Waals surface area contributed by atoms with Crippen LogP contribution in [0.25, 0.3) is 32.9 Å². The molecular weight excluding hydrogens is 715 g/mol. The summed E-state index contributed by atoms with van der Waals surface area (Å²) >= 11 is 0. The Morgan fingerprint density at radius 3 is 2.54 bits per heavy atom. The van der Waals surface area contributed by atoms with Crippen molar-refractivity contribution in [3.8, 4) is 23.5 Å². The maximum absolute atomic E-state index is 13.1. The van der Waals surface area contributed by atoms with Crippen molar-refractivity contribution in [2.75, 3.05) is 50.8 Å². The molecule has 0 amide bonds. The van der Waals surface area contributed by atoms with Gasteiger partial charge in [-0.2, -0.15) is 0 Å². The van der Waals surface area contributed by atoms with E-state index in [1.807, 2.05) is 24.5 Å². The molecule has 1 unspecified atom stereocenters. The largest absolute Gasteiger partial charge is 0.358 e. The minimum atomic E-state index is -1.03. The molecular formula is C46H55N7O4. The first-order valence-corrected chi connectivity index (χ1v) is 21.0. The van der Waals surface area contributed by atoms with Crippen LogP contribution in [0.5, 0.6) is 0 Å². The molecule has 4 fully saturated rings. The van der Waals surface area contributed by atoms with Crippen LogP contribution in [0.15, 0.2) is 71.8 Å². The number of fused-ring (bicyclic) bond motifs is 2. The van der Waals surface area contributed by atoms with Crippen molar-refractivity contribution in [1.82, 2.24) is 29.7 Å². The number of pyridine rings is 1.